The van der Waals surface area contributed by atoms with Crippen LogP contribution in [0.15, 0.2) is 49.6 Å². The minimum atomic E-state index is 0.792. The van der Waals surface area contributed by atoms with Crippen molar-refractivity contribution in [1.82, 2.24) is 0 Å². The number of benzene rings is 3. The van der Waals surface area contributed by atoms with Crippen molar-refractivity contribution in [3.63, 3.8) is 0 Å². The standard InChI is InChI=1S/C22H14O3/c1-10-4-13-19-14(5-10)24-16-7-12(3)9-18-21(16)22(19)20-15(23-13)6-11(2)8-17(20)25-18/h4-9H,1H2,2-3H3. The van der Waals surface area contributed by atoms with Crippen LogP contribution in [0, 0.1) is 13.8 Å². The van der Waals surface area contributed by atoms with E-state index in [-0.39, 0.29) is 0 Å². The lowest BCUT2D eigenvalue weighted by Crippen LogP contribution is -1.98. The van der Waals surface area contributed by atoms with Gasteiger partial charge in [0, 0.05) is 5.39 Å². The van der Waals surface area contributed by atoms with Gasteiger partial charge in [-0.25, -0.2) is 0 Å². The summed E-state index contributed by atoms with van der Waals surface area (Å²) in [4.78, 5) is 0. The highest BCUT2D eigenvalue weighted by Gasteiger charge is 2.21. The Kier molecular flexibility index (Phi) is 2.13. The van der Waals surface area contributed by atoms with Gasteiger partial charge in [-0.05, 0) is 66.6 Å². The van der Waals surface area contributed by atoms with Crippen LogP contribution in [0.3, 0.4) is 0 Å². The van der Waals surface area contributed by atoms with Gasteiger partial charge in [-0.2, -0.15) is 0 Å². The van der Waals surface area contributed by atoms with Crippen molar-refractivity contribution in [2.45, 2.75) is 13.8 Å². The molecule has 0 aliphatic carbocycles. The summed E-state index contributed by atoms with van der Waals surface area (Å²) in [7, 11) is 0. The fourth-order valence-corrected chi connectivity index (χ4v) is 4.04. The molecule has 0 aliphatic rings. The average Bonchev–Trinajstić information content (AvgIpc) is 2.52. The molecule has 3 heteroatoms. The van der Waals surface area contributed by atoms with Crippen LogP contribution >= 0.6 is 0 Å². The minimum Gasteiger partial charge on any atom is -0.456 e. The van der Waals surface area contributed by atoms with E-state index in [1.807, 2.05) is 26.0 Å². The summed E-state index contributed by atoms with van der Waals surface area (Å²) in [5, 5.41) is 5.03. The lowest BCUT2D eigenvalue weighted by atomic mass is 9.98. The smallest absolute Gasteiger partial charge is 0.139 e. The molecule has 0 N–H and O–H groups in total. The lowest BCUT2D eigenvalue weighted by molar-refractivity contribution is 0.634. The van der Waals surface area contributed by atoms with Crippen LogP contribution in [0.5, 0.6) is 0 Å². The summed E-state index contributed by atoms with van der Waals surface area (Å²) < 4.78 is 18.7. The maximum Gasteiger partial charge on any atom is 0.139 e. The molecule has 6 aromatic rings. The second-order valence-electron chi connectivity index (χ2n) is 6.92. The monoisotopic (exact) mass is 326 g/mol. The second kappa shape index (κ2) is 4.06. The van der Waals surface area contributed by atoms with Gasteiger partial charge in [0.15, 0.2) is 0 Å². The SMILES string of the molecule is C=c1cc2oc3cc(C)cc4oc5cc(C)cc6oc(c1)c2c(c43)c56. The normalized spacial score (nSPS) is 12.6. The molecule has 3 aromatic carbocycles. The Morgan fingerprint density at radius 2 is 0.840 bits per heavy atom. The van der Waals surface area contributed by atoms with Crippen molar-refractivity contribution in [1.29, 1.82) is 0 Å². The first kappa shape index (κ1) is 13.1. The van der Waals surface area contributed by atoms with Crippen molar-refractivity contribution in [2.24, 2.45) is 0 Å². The molecule has 120 valence electrons. The van der Waals surface area contributed by atoms with Crippen molar-refractivity contribution < 1.29 is 13.3 Å². The van der Waals surface area contributed by atoms with Crippen LogP contribution in [0.2, 0.25) is 0 Å². The molecular formula is C22H14O3. The van der Waals surface area contributed by atoms with Crippen molar-refractivity contribution in [3.05, 3.63) is 52.7 Å². The molecule has 6 rings (SSSR count). The number of rotatable bonds is 0. The molecule has 0 saturated carbocycles. The zero-order valence-electron chi connectivity index (χ0n) is 13.9. The third-order valence-electron chi connectivity index (χ3n) is 4.96. The van der Waals surface area contributed by atoms with E-state index in [1.165, 1.54) is 0 Å². The van der Waals surface area contributed by atoms with Gasteiger partial charge in [-0.15, -0.1) is 0 Å². The first-order valence-electron chi connectivity index (χ1n) is 8.29. The molecule has 0 aliphatic heterocycles. The van der Waals surface area contributed by atoms with Crippen molar-refractivity contribution >= 4 is 61.6 Å². The Morgan fingerprint density at radius 3 is 1.20 bits per heavy atom. The molecule has 0 unspecified atom stereocenters. The number of hydrogen-bond acceptors (Lipinski definition) is 3. The highest BCUT2D eigenvalue weighted by Crippen LogP contribution is 2.44. The Morgan fingerprint density at radius 1 is 0.520 bits per heavy atom. The Labute approximate surface area is 142 Å². The van der Waals surface area contributed by atoms with E-state index in [4.69, 9.17) is 13.3 Å². The average molecular weight is 326 g/mol. The van der Waals surface area contributed by atoms with Gasteiger partial charge >= 0.3 is 0 Å². The largest absolute Gasteiger partial charge is 0.456 e. The zero-order valence-corrected chi connectivity index (χ0v) is 13.9. The molecule has 0 saturated heterocycles. The van der Waals surface area contributed by atoms with E-state index >= 15 is 0 Å². The topological polar surface area (TPSA) is 39.4 Å². The summed E-state index contributed by atoms with van der Waals surface area (Å²) in [5.74, 6) is 0. The lowest BCUT2D eigenvalue weighted by Gasteiger charge is -2.15. The molecular weight excluding hydrogens is 312 g/mol. The minimum absolute atomic E-state index is 0.792. The maximum atomic E-state index is 6.24. The van der Waals surface area contributed by atoms with Gasteiger partial charge in [-0.1, -0.05) is 6.58 Å². The third-order valence-corrected chi connectivity index (χ3v) is 4.96. The molecule has 0 atom stereocenters. The molecule has 3 aromatic heterocycles. The van der Waals surface area contributed by atoms with Crippen LogP contribution in [-0.4, -0.2) is 0 Å². The van der Waals surface area contributed by atoms with Gasteiger partial charge in [0.1, 0.15) is 33.5 Å². The van der Waals surface area contributed by atoms with Crippen LogP contribution in [0.25, 0.3) is 61.6 Å². The molecule has 0 fully saturated rings. The van der Waals surface area contributed by atoms with E-state index in [0.29, 0.717) is 0 Å². The van der Waals surface area contributed by atoms with Gasteiger partial charge in [0.25, 0.3) is 0 Å². The summed E-state index contributed by atoms with van der Waals surface area (Å²) in [5.41, 5.74) is 7.12. The van der Waals surface area contributed by atoms with Crippen molar-refractivity contribution in [2.75, 3.05) is 0 Å². The molecule has 0 radical (unpaired) electrons. The van der Waals surface area contributed by atoms with E-state index < -0.39 is 0 Å². The predicted octanol–water partition coefficient (Wildman–Crippen LogP) is 5.98. The van der Waals surface area contributed by atoms with Crippen molar-refractivity contribution in [3.8, 4) is 0 Å². The summed E-state index contributed by atoms with van der Waals surface area (Å²) in [6.07, 6.45) is 0. The summed E-state index contributed by atoms with van der Waals surface area (Å²) in [6.45, 7) is 8.17. The molecule has 0 spiro atoms. The van der Waals surface area contributed by atoms with E-state index in [9.17, 15) is 0 Å². The fraction of sp³-hybridized carbons (Fsp3) is 0.0909. The molecule has 0 amide bonds. The number of aryl methyl sites for hydroxylation is 2. The summed E-state index contributed by atoms with van der Waals surface area (Å²) >= 11 is 0. The Bertz CT molecular complexity index is 1410. The van der Waals surface area contributed by atoms with Crippen LogP contribution in [0.1, 0.15) is 11.1 Å². The quantitative estimate of drug-likeness (QED) is 0.255. The Balaban J connectivity index is 2.14. The van der Waals surface area contributed by atoms with E-state index in [1.54, 1.807) is 0 Å². The first-order chi connectivity index (χ1) is 12.1. The highest BCUT2D eigenvalue weighted by atomic mass is 16.4. The predicted molar refractivity (Wildman–Crippen MR) is 101 cm³/mol. The molecule has 0 bridgehead atoms. The molecule has 25 heavy (non-hydrogen) atoms. The maximum absolute atomic E-state index is 6.24. The second-order valence-corrected chi connectivity index (χ2v) is 6.92. The zero-order chi connectivity index (χ0) is 16.9. The van der Waals surface area contributed by atoms with Crippen LogP contribution in [-0.2, 0) is 0 Å². The van der Waals surface area contributed by atoms with Crippen LogP contribution in [0.4, 0.5) is 0 Å². The molecule has 3 nitrogen and oxygen atoms in total. The first-order valence-corrected chi connectivity index (χ1v) is 8.29. The number of hydrogen-bond donors (Lipinski definition) is 0. The highest BCUT2D eigenvalue weighted by molar-refractivity contribution is 6.31. The van der Waals surface area contributed by atoms with E-state index in [0.717, 1.165) is 71.4 Å². The van der Waals surface area contributed by atoms with Gasteiger partial charge in [-0.3, -0.25) is 0 Å². The Hall–Kier alpha value is -3.20. The van der Waals surface area contributed by atoms with Gasteiger partial charge < -0.3 is 13.3 Å². The van der Waals surface area contributed by atoms with Gasteiger partial charge in [0.05, 0.1) is 16.2 Å². The molecule has 3 heterocycles. The van der Waals surface area contributed by atoms with Crippen LogP contribution < -0.4 is 5.22 Å². The van der Waals surface area contributed by atoms with Gasteiger partial charge in [0.2, 0.25) is 0 Å². The fourth-order valence-electron chi connectivity index (χ4n) is 4.04. The third kappa shape index (κ3) is 1.55. The summed E-state index contributed by atoms with van der Waals surface area (Å²) in [6, 6.07) is 12.2. The van der Waals surface area contributed by atoms with E-state index in [2.05, 4.69) is 30.8 Å².